The average Bonchev–Trinajstić information content (AvgIpc) is 2.74. The number of hydrogen-bond acceptors (Lipinski definition) is 4. The average molecular weight is 220 g/mol. The van der Waals surface area contributed by atoms with E-state index < -0.39 is 0 Å². The lowest BCUT2D eigenvalue weighted by atomic mass is 10.2. The third-order valence-electron chi connectivity index (χ3n) is 2.11. The highest BCUT2D eigenvalue weighted by molar-refractivity contribution is 7.09. The summed E-state index contributed by atoms with van der Waals surface area (Å²) in [6.45, 7) is 3.23. The Morgan fingerprint density at radius 1 is 1.69 bits per heavy atom. The molecule has 1 fully saturated rings. The van der Waals surface area contributed by atoms with Gasteiger partial charge in [-0.05, 0) is 13.0 Å². The Hall–Kier alpha value is -0.160. The van der Waals surface area contributed by atoms with Crippen molar-refractivity contribution in [1.82, 2.24) is 15.6 Å². The zero-order chi connectivity index (χ0) is 8.23. The van der Waals surface area contributed by atoms with Crippen LogP contribution in [0.4, 0.5) is 0 Å². The van der Waals surface area contributed by atoms with Gasteiger partial charge in [0.25, 0.3) is 0 Å². The molecule has 2 rings (SSSR count). The lowest BCUT2D eigenvalue weighted by molar-refractivity contribution is 0.550. The fraction of sp³-hybridized carbons (Fsp3) is 0.625. The zero-order valence-electron chi connectivity index (χ0n) is 7.32. The molecular weight excluding hydrogens is 206 g/mol. The van der Waals surface area contributed by atoms with E-state index in [2.05, 4.69) is 15.6 Å². The van der Waals surface area contributed by atoms with E-state index in [1.807, 2.05) is 11.7 Å². The molecule has 0 unspecified atom stereocenters. The van der Waals surface area contributed by atoms with Crippen LogP contribution in [-0.2, 0) is 6.54 Å². The highest BCUT2D eigenvalue weighted by Crippen LogP contribution is 2.06. The van der Waals surface area contributed by atoms with Crippen molar-refractivity contribution in [2.45, 2.75) is 19.0 Å². The lowest BCUT2D eigenvalue weighted by Crippen LogP contribution is -2.30. The van der Waals surface area contributed by atoms with Gasteiger partial charge in [0.2, 0.25) is 0 Å². The molecular formula is C8H14ClN3S. The van der Waals surface area contributed by atoms with Gasteiger partial charge in [-0.15, -0.1) is 23.7 Å². The lowest BCUT2D eigenvalue weighted by Gasteiger charge is -2.08. The molecule has 1 aliphatic rings. The topological polar surface area (TPSA) is 37.0 Å². The smallest absolute Gasteiger partial charge is 0.0794 e. The number of rotatable bonds is 3. The first kappa shape index (κ1) is 10.9. The van der Waals surface area contributed by atoms with Crippen molar-refractivity contribution in [2.24, 2.45) is 0 Å². The standard InChI is InChI=1S/C8H13N3S.ClH/c1-2-9-3-7(1)11-5-8-4-10-6-12-8;/h4,6-7,9,11H,1-3,5H2;1H/t7-;/m0./s1. The van der Waals surface area contributed by atoms with Crippen molar-refractivity contribution in [3.8, 4) is 0 Å². The van der Waals surface area contributed by atoms with Crippen molar-refractivity contribution in [3.63, 3.8) is 0 Å². The maximum absolute atomic E-state index is 4.03. The van der Waals surface area contributed by atoms with Crippen LogP contribution in [0.25, 0.3) is 0 Å². The largest absolute Gasteiger partial charge is 0.315 e. The van der Waals surface area contributed by atoms with Crippen LogP contribution >= 0.6 is 23.7 Å². The van der Waals surface area contributed by atoms with Crippen LogP contribution in [0.5, 0.6) is 0 Å². The van der Waals surface area contributed by atoms with Crippen molar-refractivity contribution < 1.29 is 0 Å². The Balaban J connectivity index is 0.000000845. The molecule has 1 aromatic heterocycles. The molecule has 0 radical (unpaired) electrons. The Morgan fingerprint density at radius 3 is 3.23 bits per heavy atom. The highest BCUT2D eigenvalue weighted by Gasteiger charge is 2.12. The Kier molecular flexibility index (Phi) is 4.66. The molecule has 0 aromatic carbocycles. The van der Waals surface area contributed by atoms with Gasteiger partial charge in [-0.3, -0.25) is 4.98 Å². The number of nitrogens with one attached hydrogen (secondary N) is 2. The molecule has 2 heterocycles. The molecule has 1 aromatic rings. The van der Waals surface area contributed by atoms with E-state index in [0.717, 1.165) is 19.6 Å². The maximum atomic E-state index is 4.03. The van der Waals surface area contributed by atoms with Gasteiger partial charge in [0.1, 0.15) is 0 Å². The van der Waals surface area contributed by atoms with Crippen LogP contribution in [0.3, 0.4) is 0 Å². The van der Waals surface area contributed by atoms with Gasteiger partial charge in [0.05, 0.1) is 5.51 Å². The van der Waals surface area contributed by atoms with Crippen molar-refractivity contribution in [3.05, 3.63) is 16.6 Å². The first-order chi connectivity index (χ1) is 5.95. The summed E-state index contributed by atoms with van der Waals surface area (Å²) in [4.78, 5) is 5.35. The fourth-order valence-corrected chi connectivity index (χ4v) is 1.95. The van der Waals surface area contributed by atoms with Crippen LogP contribution in [-0.4, -0.2) is 24.1 Å². The minimum absolute atomic E-state index is 0. The van der Waals surface area contributed by atoms with Crippen LogP contribution in [0.2, 0.25) is 0 Å². The molecule has 5 heteroatoms. The third-order valence-corrected chi connectivity index (χ3v) is 2.89. The van der Waals surface area contributed by atoms with Gasteiger partial charge >= 0.3 is 0 Å². The summed E-state index contributed by atoms with van der Waals surface area (Å²) in [7, 11) is 0. The van der Waals surface area contributed by atoms with E-state index in [4.69, 9.17) is 0 Å². The summed E-state index contributed by atoms with van der Waals surface area (Å²) < 4.78 is 0. The van der Waals surface area contributed by atoms with Crippen LogP contribution in [0.15, 0.2) is 11.7 Å². The summed E-state index contributed by atoms with van der Waals surface area (Å²) in [5.41, 5.74) is 1.88. The Labute approximate surface area is 88.4 Å². The van der Waals surface area contributed by atoms with Crippen molar-refractivity contribution in [1.29, 1.82) is 0 Å². The minimum Gasteiger partial charge on any atom is -0.315 e. The molecule has 3 nitrogen and oxygen atoms in total. The molecule has 0 spiro atoms. The molecule has 0 amide bonds. The predicted molar refractivity (Wildman–Crippen MR) is 57.5 cm³/mol. The molecule has 0 bridgehead atoms. The van der Waals surface area contributed by atoms with Gasteiger partial charge in [0.15, 0.2) is 0 Å². The third kappa shape index (κ3) is 3.23. The second kappa shape index (κ2) is 5.54. The van der Waals surface area contributed by atoms with Crippen molar-refractivity contribution >= 4 is 23.7 Å². The monoisotopic (exact) mass is 219 g/mol. The first-order valence-electron chi connectivity index (χ1n) is 4.26. The molecule has 0 saturated carbocycles. The normalized spacial score (nSPS) is 21.4. The summed E-state index contributed by atoms with van der Waals surface area (Å²) in [5.74, 6) is 0. The van der Waals surface area contributed by atoms with Gasteiger partial charge < -0.3 is 10.6 Å². The number of nitrogens with zero attached hydrogens (tertiary/aromatic N) is 1. The summed E-state index contributed by atoms with van der Waals surface area (Å²) in [5, 5.41) is 6.82. The summed E-state index contributed by atoms with van der Waals surface area (Å²) in [6.07, 6.45) is 3.18. The second-order valence-electron chi connectivity index (χ2n) is 3.04. The molecule has 1 aliphatic heterocycles. The number of hydrogen-bond donors (Lipinski definition) is 2. The first-order valence-corrected chi connectivity index (χ1v) is 5.14. The molecule has 1 atom stereocenters. The summed E-state index contributed by atoms with van der Waals surface area (Å²) in [6, 6.07) is 0.659. The quantitative estimate of drug-likeness (QED) is 0.797. The number of halogens is 1. The molecule has 13 heavy (non-hydrogen) atoms. The Bertz CT molecular complexity index is 221. The fourth-order valence-electron chi connectivity index (χ4n) is 1.40. The van der Waals surface area contributed by atoms with Gasteiger partial charge in [-0.2, -0.15) is 0 Å². The molecule has 0 aliphatic carbocycles. The van der Waals surface area contributed by atoms with E-state index in [0.29, 0.717) is 6.04 Å². The van der Waals surface area contributed by atoms with Crippen molar-refractivity contribution in [2.75, 3.05) is 13.1 Å². The van der Waals surface area contributed by atoms with Gasteiger partial charge in [-0.25, -0.2) is 0 Å². The molecule has 1 saturated heterocycles. The van der Waals surface area contributed by atoms with Gasteiger partial charge in [0, 0.05) is 30.2 Å². The van der Waals surface area contributed by atoms with E-state index in [1.54, 1.807) is 11.3 Å². The van der Waals surface area contributed by atoms with Crippen LogP contribution in [0, 0.1) is 0 Å². The van der Waals surface area contributed by atoms with Gasteiger partial charge in [-0.1, -0.05) is 0 Å². The zero-order valence-corrected chi connectivity index (χ0v) is 8.96. The van der Waals surface area contributed by atoms with E-state index in [9.17, 15) is 0 Å². The van der Waals surface area contributed by atoms with E-state index in [1.165, 1.54) is 11.3 Å². The Morgan fingerprint density at radius 2 is 2.62 bits per heavy atom. The van der Waals surface area contributed by atoms with E-state index >= 15 is 0 Å². The molecule has 2 N–H and O–H groups in total. The molecule has 74 valence electrons. The maximum Gasteiger partial charge on any atom is 0.0794 e. The predicted octanol–water partition coefficient (Wildman–Crippen LogP) is 1.02. The number of aromatic nitrogens is 1. The van der Waals surface area contributed by atoms with Crippen LogP contribution < -0.4 is 10.6 Å². The van der Waals surface area contributed by atoms with E-state index in [-0.39, 0.29) is 12.4 Å². The van der Waals surface area contributed by atoms with Crippen LogP contribution in [0.1, 0.15) is 11.3 Å². The SMILES string of the molecule is Cl.c1ncc(CN[C@H]2CCNC2)s1. The minimum atomic E-state index is 0. The second-order valence-corrected chi connectivity index (χ2v) is 4.01. The highest BCUT2D eigenvalue weighted by atomic mass is 35.5. The summed E-state index contributed by atoms with van der Waals surface area (Å²) >= 11 is 1.71. The number of thiazole rings is 1.